The minimum atomic E-state index is -4.55. The number of hydrogen-bond acceptors (Lipinski definition) is 3. The van der Waals surface area contributed by atoms with Gasteiger partial charge in [0.15, 0.2) is 0 Å². The molecule has 2 aromatic rings. The lowest BCUT2D eigenvalue weighted by molar-refractivity contribution is -0.137. The van der Waals surface area contributed by atoms with Crippen LogP contribution >= 0.6 is 0 Å². The summed E-state index contributed by atoms with van der Waals surface area (Å²) in [6.07, 6.45) is 7.14. The van der Waals surface area contributed by atoms with E-state index in [0.29, 0.717) is 12.2 Å². The lowest BCUT2D eigenvalue weighted by Gasteiger charge is -2.40. The zero-order valence-corrected chi connectivity index (χ0v) is 15.6. The first-order valence-electron chi connectivity index (χ1n) is 9.45. The molecule has 2 aliphatic carbocycles. The number of aromatic nitrogens is 2. The summed E-state index contributed by atoms with van der Waals surface area (Å²) in [6, 6.07) is 5.72. The van der Waals surface area contributed by atoms with Gasteiger partial charge in [-0.1, -0.05) is 0 Å². The maximum Gasteiger partial charge on any atom is 0.417 e. The Balaban J connectivity index is 1.76. The molecular weight excluding hydrogens is 365 g/mol. The highest BCUT2D eigenvalue weighted by Crippen LogP contribution is 2.58. The first kappa shape index (κ1) is 18.6. The Labute approximate surface area is 161 Å². The summed E-state index contributed by atoms with van der Waals surface area (Å²) in [5, 5.41) is 9.07. The maximum atomic E-state index is 13.4. The average molecular weight is 386 g/mol. The van der Waals surface area contributed by atoms with Gasteiger partial charge >= 0.3 is 6.18 Å². The van der Waals surface area contributed by atoms with Crippen molar-refractivity contribution < 1.29 is 13.2 Å². The van der Waals surface area contributed by atoms with Crippen LogP contribution in [0.1, 0.15) is 43.7 Å². The van der Waals surface area contributed by atoms with Gasteiger partial charge in [0.25, 0.3) is 0 Å². The van der Waals surface area contributed by atoms with Crippen LogP contribution in [0.15, 0.2) is 43.0 Å². The predicted octanol–water partition coefficient (Wildman–Crippen LogP) is 5.08. The van der Waals surface area contributed by atoms with Crippen LogP contribution in [0, 0.1) is 16.7 Å². The zero-order valence-electron chi connectivity index (χ0n) is 15.6. The highest BCUT2D eigenvalue weighted by atomic mass is 19.4. The molecule has 1 fully saturated rings. The summed E-state index contributed by atoms with van der Waals surface area (Å²) in [4.78, 5) is 6.15. The molecule has 1 aromatic heterocycles. The summed E-state index contributed by atoms with van der Waals surface area (Å²) in [5.74, 6) is 0. The summed E-state index contributed by atoms with van der Waals surface area (Å²) < 4.78 is 42.3. The molecule has 0 aliphatic heterocycles. The highest BCUT2D eigenvalue weighted by Gasteiger charge is 2.52. The molecule has 1 aromatic carbocycles. The minimum absolute atomic E-state index is 0.0256. The second-order valence-electron chi connectivity index (χ2n) is 7.56. The molecule has 7 heteroatoms. The number of benzene rings is 1. The fourth-order valence-electron chi connectivity index (χ4n) is 4.32. The molecule has 1 saturated carbocycles. The number of allylic oxidation sites excluding steroid dienone is 1. The first-order valence-corrected chi connectivity index (χ1v) is 9.45. The molecule has 0 amide bonds. The van der Waals surface area contributed by atoms with Crippen LogP contribution in [-0.2, 0) is 6.18 Å². The third-order valence-corrected chi connectivity index (χ3v) is 6.02. The Hall–Kier alpha value is -2.75. The summed E-state index contributed by atoms with van der Waals surface area (Å²) in [7, 11) is 0. The first-order chi connectivity index (χ1) is 13.4. The Kier molecular flexibility index (Phi) is 4.45. The number of nitriles is 1. The van der Waals surface area contributed by atoms with Crippen LogP contribution in [0.3, 0.4) is 0 Å². The lowest BCUT2D eigenvalue weighted by Crippen LogP contribution is -2.43. The second kappa shape index (κ2) is 6.69. The smallest absolute Gasteiger partial charge is 0.365 e. The van der Waals surface area contributed by atoms with Crippen LogP contribution in [0.25, 0.3) is 5.70 Å². The van der Waals surface area contributed by atoms with Crippen molar-refractivity contribution in [2.24, 2.45) is 5.41 Å². The van der Waals surface area contributed by atoms with Gasteiger partial charge in [-0.15, -0.1) is 0 Å². The Bertz CT molecular complexity index is 934. The topological polar surface area (TPSA) is 44.9 Å². The van der Waals surface area contributed by atoms with Crippen LogP contribution in [0.2, 0.25) is 0 Å². The molecule has 1 heterocycles. The SMILES string of the molecule is CCN(c1ccc(C#N)c(C(F)(F)F)c1)C1C=C(n2ccnc2)CCC12CC2. The predicted molar refractivity (Wildman–Crippen MR) is 100 cm³/mol. The van der Waals surface area contributed by atoms with E-state index in [2.05, 4.69) is 11.1 Å². The number of likely N-dealkylation sites (N-methyl/N-ethyl adjacent to an activating group) is 1. The van der Waals surface area contributed by atoms with Crippen molar-refractivity contribution in [3.8, 4) is 6.07 Å². The molecule has 28 heavy (non-hydrogen) atoms. The van der Waals surface area contributed by atoms with E-state index in [1.54, 1.807) is 24.7 Å². The van der Waals surface area contributed by atoms with Gasteiger partial charge in [-0.2, -0.15) is 18.4 Å². The minimum Gasteiger partial charge on any atom is -0.365 e. The van der Waals surface area contributed by atoms with Crippen molar-refractivity contribution in [1.82, 2.24) is 9.55 Å². The molecule has 1 spiro atoms. The highest BCUT2D eigenvalue weighted by molar-refractivity contribution is 5.59. The van der Waals surface area contributed by atoms with Crippen molar-refractivity contribution >= 4 is 11.4 Å². The van der Waals surface area contributed by atoms with Crippen LogP contribution in [-0.4, -0.2) is 22.1 Å². The Morgan fingerprint density at radius 1 is 1.32 bits per heavy atom. The van der Waals surface area contributed by atoms with Gasteiger partial charge in [0.2, 0.25) is 0 Å². The van der Waals surface area contributed by atoms with Gasteiger partial charge < -0.3 is 9.47 Å². The summed E-state index contributed by atoms with van der Waals surface area (Å²) in [5.41, 5.74) is 0.556. The third-order valence-electron chi connectivity index (χ3n) is 6.02. The molecule has 0 radical (unpaired) electrons. The molecule has 0 bridgehead atoms. The molecule has 0 N–H and O–H groups in total. The summed E-state index contributed by atoms with van der Waals surface area (Å²) >= 11 is 0. The standard InChI is InChI=1S/C21H21F3N4/c1-2-28(17-4-3-15(13-25)18(11-17)21(22,23)24)19-12-16(27-10-9-26-14-27)5-6-20(19)7-8-20/h3-4,9-12,14,19H,2,5-8H2,1H3. The molecular formula is C21H21F3N4. The second-order valence-corrected chi connectivity index (χ2v) is 7.56. The van der Waals surface area contributed by atoms with Crippen molar-refractivity contribution in [3.63, 3.8) is 0 Å². The lowest BCUT2D eigenvalue weighted by atomic mass is 9.83. The van der Waals surface area contributed by atoms with E-state index in [-0.39, 0.29) is 17.0 Å². The fraction of sp³-hybridized carbons (Fsp3) is 0.429. The Morgan fingerprint density at radius 3 is 2.68 bits per heavy atom. The number of rotatable bonds is 4. The average Bonchev–Trinajstić information content (AvgIpc) is 3.23. The molecule has 4 nitrogen and oxygen atoms in total. The van der Waals surface area contributed by atoms with Crippen LogP contribution in [0.4, 0.5) is 18.9 Å². The largest absolute Gasteiger partial charge is 0.417 e. The van der Waals surface area contributed by atoms with E-state index in [0.717, 1.165) is 37.4 Å². The summed E-state index contributed by atoms with van der Waals surface area (Å²) in [6.45, 7) is 2.55. The van der Waals surface area contributed by atoms with E-state index in [9.17, 15) is 13.2 Å². The molecule has 0 saturated heterocycles. The van der Waals surface area contributed by atoms with E-state index in [1.807, 2.05) is 22.6 Å². The molecule has 1 atom stereocenters. The van der Waals surface area contributed by atoms with Crippen molar-refractivity contribution in [2.75, 3.05) is 11.4 Å². The van der Waals surface area contributed by atoms with Gasteiger partial charge in [0.05, 0.1) is 29.6 Å². The quantitative estimate of drug-likeness (QED) is 0.736. The van der Waals surface area contributed by atoms with Gasteiger partial charge in [-0.25, -0.2) is 4.98 Å². The van der Waals surface area contributed by atoms with Crippen LogP contribution < -0.4 is 4.90 Å². The van der Waals surface area contributed by atoms with Gasteiger partial charge in [-0.3, -0.25) is 0 Å². The number of hydrogen-bond donors (Lipinski definition) is 0. The van der Waals surface area contributed by atoms with Gasteiger partial charge in [0.1, 0.15) is 0 Å². The number of halogens is 3. The van der Waals surface area contributed by atoms with E-state index >= 15 is 0 Å². The number of alkyl halides is 3. The number of nitrogens with zero attached hydrogens (tertiary/aromatic N) is 4. The molecule has 4 rings (SSSR count). The van der Waals surface area contributed by atoms with Crippen LogP contribution in [0.5, 0.6) is 0 Å². The van der Waals surface area contributed by atoms with Crippen molar-refractivity contribution in [2.45, 2.75) is 44.8 Å². The zero-order chi connectivity index (χ0) is 19.9. The van der Waals surface area contributed by atoms with E-state index in [4.69, 9.17) is 5.26 Å². The third kappa shape index (κ3) is 3.17. The molecule has 146 valence electrons. The molecule has 2 aliphatic rings. The maximum absolute atomic E-state index is 13.4. The number of imidazole rings is 1. The van der Waals surface area contributed by atoms with Crippen molar-refractivity contribution in [3.05, 3.63) is 54.1 Å². The normalized spacial score (nSPS) is 20.5. The van der Waals surface area contributed by atoms with E-state index < -0.39 is 11.7 Å². The van der Waals surface area contributed by atoms with Gasteiger partial charge in [0, 0.05) is 30.3 Å². The van der Waals surface area contributed by atoms with E-state index in [1.165, 1.54) is 6.07 Å². The van der Waals surface area contributed by atoms with Gasteiger partial charge in [-0.05, 0) is 62.3 Å². The monoisotopic (exact) mass is 386 g/mol. The van der Waals surface area contributed by atoms with Crippen molar-refractivity contribution in [1.29, 1.82) is 5.26 Å². The number of anilines is 1. The fourth-order valence-corrected chi connectivity index (χ4v) is 4.32. The Morgan fingerprint density at radius 2 is 2.11 bits per heavy atom. The molecule has 1 unspecified atom stereocenters.